The molecule has 0 aliphatic heterocycles. The molecule has 0 saturated heterocycles. The highest BCUT2D eigenvalue weighted by atomic mass is 16.2. The van der Waals surface area contributed by atoms with Crippen molar-refractivity contribution in [2.75, 3.05) is 10.6 Å². The quantitative estimate of drug-likeness (QED) is 0.840. The summed E-state index contributed by atoms with van der Waals surface area (Å²) in [7, 11) is 0. The summed E-state index contributed by atoms with van der Waals surface area (Å²) in [5.74, 6) is 0.0980. The van der Waals surface area contributed by atoms with E-state index in [1.165, 1.54) is 5.56 Å². The Bertz CT molecular complexity index is 778. The largest absolute Gasteiger partial charge is 0.326 e. The van der Waals surface area contributed by atoms with Crippen molar-refractivity contribution in [2.24, 2.45) is 11.8 Å². The maximum absolute atomic E-state index is 12.6. The number of anilines is 2. The zero-order valence-electron chi connectivity index (χ0n) is 15.4. The van der Waals surface area contributed by atoms with Gasteiger partial charge in [0.1, 0.15) is 0 Å². The molecule has 2 aromatic carbocycles. The minimum absolute atomic E-state index is 0.0139. The summed E-state index contributed by atoms with van der Waals surface area (Å²) in [4.78, 5) is 25.0. The first-order valence-corrected chi connectivity index (χ1v) is 9.27. The monoisotopic (exact) mass is 350 g/mol. The van der Waals surface area contributed by atoms with Crippen LogP contribution >= 0.6 is 0 Å². The lowest BCUT2D eigenvalue weighted by atomic mass is 9.81. The summed E-state index contributed by atoms with van der Waals surface area (Å²) in [6, 6.07) is 15.5. The van der Waals surface area contributed by atoms with Crippen molar-refractivity contribution in [3.63, 3.8) is 0 Å². The minimum Gasteiger partial charge on any atom is -0.326 e. The third-order valence-corrected chi connectivity index (χ3v) is 5.37. The van der Waals surface area contributed by atoms with Gasteiger partial charge in [-0.1, -0.05) is 30.3 Å². The fourth-order valence-corrected chi connectivity index (χ4v) is 3.50. The highest BCUT2D eigenvalue weighted by Gasteiger charge is 2.30. The summed E-state index contributed by atoms with van der Waals surface area (Å²) in [6.45, 7) is 4.07. The summed E-state index contributed by atoms with van der Waals surface area (Å²) in [5.41, 5.74) is 3.99. The van der Waals surface area contributed by atoms with Gasteiger partial charge in [0.15, 0.2) is 0 Å². The lowest BCUT2D eigenvalue weighted by Gasteiger charge is -2.27. The maximum Gasteiger partial charge on any atom is 0.227 e. The summed E-state index contributed by atoms with van der Waals surface area (Å²) < 4.78 is 0. The molecule has 136 valence electrons. The number of rotatable bonds is 4. The predicted octanol–water partition coefficient (Wildman–Crippen LogP) is 4.69. The van der Waals surface area contributed by atoms with Crippen LogP contribution in [0.1, 0.15) is 36.8 Å². The number of carbonyl (C=O) groups is 2. The lowest BCUT2D eigenvalue weighted by molar-refractivity contribution is -0.125. The van der Waals surface area contributed by atoms with Gasteiger partial charge in [0.25, 0.3) is 0 Å². The van der Waals surface area contributed by atoms with Crippen molar-refractivity contribution < 1.29 is 9.59 Å². The molecule has 3 rings (SSSR count). The van der Waals surface area contributed by atoms with Crippen LogP contribution in [0.4, 0.5) is 11.4 Å². The fraction of sp³-hybridized carbons (Fsp3) is 0.364. The van der Waals surface area contributed by atoms with E-state index >= 15 is 0 Å². The Morgan fingerprint density at radius 3 is 1.96 bits per heavy atom. The van der Waals surface area contributed by atoms with Crippen molar-refractivity contribution in [3.05, 3.63) is 59.7 Å². The first-order chi connectivity index (χ1) is 12.5. The molecule has 2 N–H and O–H groups in total. The molecule has 1 saturated carbocycles. The van der Waals surface area contributed by atoms with Gasteiger partial charge in [0, 0.05) is 23.2 Å². The molecule has 4 heteroatoms. The van der Waals surface area contributed by atoms with E-state index in [1.54, 1.807) is 0 Å². The Balaban J connectivity index is 1.52. The fourth-order valence-electron chi connectivity index (χ4n) is 3.50. The minimum atomic E-state index is -0.0179. The number of benzene rings is 2. The summed E-state index contributed by atoms with van der Waals surface area (Å²) in [6.07, 6.45) is 3.01. The Labute approximate surface area is 155 Å². The van der Waals surface area contributed by atoms with Gasteiger partial charge < -0.3 is 10.6 Å². The second kappa shape index (κ2) is 8.17. The number of carbonyl (C=O) groups excluding carboxylic acids is 2. The molecule has 1 aliphatic carbocycles. The van der Waals surface area contributed by atoms with Gasteiger partial charge in [-0.3, -0.25) is 9.59 Å². The topological polar surface area (TPSA) is 58.2 Å². The van der Waals surface area contributed by atoms with E-state index in [2.05, 4.69) is 10.6 Å². The van der Waals surface area contributed by atoms with Crippen molar-refractivity contribution in [1.29, 1.82) is 0 Å². The van der Waals surface area contributed by atoms with Gasteiger partial charge in [-0.15, -0.1) is 0 Å². The van der Waals surface area contributed by atoms with Gasteiger partial charge in [-0.05, 0) is 68.9 Å². The van der Waals surface area contributed by atoms with E-state index in [0.717, 1.165) is 42.6 Å². The molecule has 2 amide bonds. The standard InChI is InChI=1S/C22H26N2O2/c1-15-7-6-10-20(16(15)2)24-22(26)18-13-11-17(12-14-18)21(25)23-19-8-4-3-5-9-19/h3-10,17-18H,11-14H2,1-2H3,(H,23,25)(H,24,26). The highest BCUT2D eigenvalue weighted by molar-refractivity contribution is 5.95. The SMILES string of the molecule is Cc1cccc(NC(=O)C2CCC(C(=O)Nc3ccccc3)CC2)c1C. The molecule has 1 fully saturated rings. The van der Waals surface area contributed by atoms with E-state index in [0.29, 0.717) is 0 Å². The molecule has 0 atom stereocenters. The highest BCUT2D eigenvalue weighted by Crippen LogP contribution is 2.31. The van der Waals surface area contributed by atoms with Crippen molar-refractivity contribution in [3.8, 4) is 0 Å². The Kier molecular flexibility index (Phi) is 5.71. The van der Waals surface area contributed by atoms with E-state index < -0.39 is 0 Å². The van der Waals surface area contributed by atoms with E-state index in [-0.39, 0.29) is 23.7 Å². The van der Waals surface area contributed by atoms with Crippen molar-refractivity contribution in [1.82, 2.24) is 0 Å². The van der Waals surface area contributed by atoms with Crippen LogP contribution in [0, 0.1) is 25.7 Å². The number of hydrogen-bond acceptors (Lipinski definition) is 2. The molecule has 1 aliphatic rings. The van der Waals surface area contributed by atoms with Crippen LogP contribution in [0.25, 0.3) is 0 Å². The maximum atomic E-state index is 12.6. The van der Waals surface area contributed by atoms with Gasteiger partial charge in [0.05, 0.1) is 0 Å². The molecule has 26 heavy (non-hydrogen) atoms. The second-order valence-corrected chi connectivity index (χ2v) is 7.14. The van der Waals surface area contributed by atoms with Gasteiger partial charge >= 0.3 is 0 Å². The van der Waals surface area contributed by atoms with Gasteiger partial charge in [-0.2, -0.15) is 0 Å². The second-order valence-electron chi connectivity index (χ2n) is 7.14. The first kappa shape index (κ1) is 18.2. The molecular formula is C22H26N2O2. The number of para-hydroxylation sites is 1. The normalized spacial score (nSPS) is 19.6. The molecule has 0 heterocycles. The molecule has 0 aromatic heterocycles. The molecule has 0 unspecified atom stereocenters. The van der Waals surface area contributed by atoms with Gasteiger partial charge in [0.2, 0.25) is 11.8 Å². The number of aryl methyl sites for hydroxylation is 1. The molecule has 0 bridgehead atoms. The zero-order valence-corrected chi connectivity index (χ0v) is 15.4. The Hall–Kier alpha value is -2.62. The number of amides is 2. The predicted molar refractivity (Wildman–Crippen MR) is 105 cm³/mol. The average molecular weight is 350 g/mol. The molecule has 0 radical (unpaired) electrons. The van der Waals surface area contributed by atoms with Crippen LogP contribution in [0.5, 0.6) is 0 Å². The first-order valence-electron chi connectivity index (χ1n) is 9.27. The van der Waals surface area contributed by atoms with Crippen LogP contribution in [-0.2, 0) is 9.59 Å². The lowest BCUT2D eigenvalue weighted by Crippen LogP contribution is -2.32. The molecule has 4 nitrogen and oxygen atoms in total. The van der Waals surface area contributed by atoms with Crippen molar-refractivity contribution in [2.45, 2.75) is 39.5 Å². The van der Waals surface area contributed by atoms with Gasteiger partial charge in [-0.25, -0.2) is 0 Å². The molecular weight excluding hydrogens is 324 g/mol. The molecule has 0 spiro atoms. The average Bonchev–Trinajstić information content (AvgIpc) is 2.66. The number of hydrogen-bond donors (Lipinski definition) is 2. The van der Waals surface area contributed by atoms with Crippen LogP contribution < -0.4 is 10.6 Å². The number of nitrogens with one attached hydrogen (secondary N) is 2. The van der Waals surface area contributed by atoms with E-state index in [1.807, 2.05) is 62.4 Å². The van der Waals surface area contributed by atoms with Crippen molar-refractivity contribution >= 4 is 23.2 Å². The smallest absolute Gasteiger partial charge is 0.227 e. The Morgan fingerprint density at radius 2 is 1.35 bits per heavy atom. The van der Waals surface area contributed by atoms with Crippen LogP contribution in [-0.4, -0.2) is 11.8 Å². The Morgan fingerprint density at radius 1 is 0.769 bits per heavy atom. The van der Waals surface area contributed by atoms with Crippen LogP contribution in [0.3, 0.4) is 0 Å². The molecule has 2 aromatic rings. The van der Waals surface area contributed by atoms with E-state index in [9.17, 15) is 9.59 Å². The van der Waals surface area contributed by atoms with Crippen LogP contribution in [0.15, 0.2) is 48.5 Å². The van der Waals surface area contributed by atoms with Crippen LogP contribution in [0.2, 0.25) is 0 Å². The summed E-state index contributed by atoms with van der Waals surface area (Å²) >= 11 is 0. The third-order valence-electron chi connectivity index (χ3n) is 5.37. The zero-order chi connectivity index (χ0) is 18.5. The summed E-state index contributed by atoms with van der Waals surface area (Å²) in [5, 5.41) is 6.03. The third kappa shape index (κ3) is 4.31. The van der Waals surface area contributed by atoms with E-state index in [4.69, 9.17) is 0 Å².